The number of pyridine rings is 1. The van der Waals surface area contributed by atoms with Gasteiger partial charge in [0.2, 0.25) is 5.91 Å². The van der Waals surface area contributed by atoms with E-state index in [4.69, 9.17) is 4.42 Å². The second-order valence-electron chi connectivity index (χ2n) is 5.40. The smallest absolute Gasteiger partial charge is 0.256 e. The molecule has 6 heteroatoms. The molecular weight excluding hydrogens is 306 g/mol. The predicted octanol–water partition coefficient (Wildman–Crippen LogP) is 2.22. The molecule has 0 aliphatic carbocycles. The highest BCUT2D eigenvalue weighted by atomic mass is 16.3. The Bertz CT molecular complexity index is 854. The van der Waals surface area contributed by atoms with Crippen LogP contribution in [0.1, 0.15) is 16.1 Å². The average molecular weight is 323 g/mol. The maximum absolute atomic E-state index is 12.6. The molecule has 0 atom stereocenters. The van der Waals surface area contributed by atoms with Gasteiger partial charge < -0.3 is 14.6 Å². The van der Waals surface area contributed by atoms with Crippen LogP contribution in [0.25, 0.3) is 10.9 Å². The first-order chi connectivity index (χ1) is 11.6. The summed E-state index contributed by atoms with van der Waals surface area (Å²) < 4.78 is 5.15. The van der Waals surface area contributed by atoms with Crippen molar-refractivity contribution in [1.29, 1.82) is 0 Å². The Morgan fingerprint density at radius 1 is 1.17 bits per heavy atom. The van der Waals surface area contributed by atoms with Gasteiger partial charge in [0, 0.05) is 18.6 Å². The number of fused-ring (bicyclic) bond motifs is 1. The maximum Gasteiger partial charge on any atom is 0.256 e. The van der Waals surface area contributed by atoms with Crippen LogP contribution in [0.3, 0.4) is 0 Å². The van der Waals surface area contributed by atoms with E-state index >= 15 is 0 Å². The zero-order chi connectivity index (χ0) is 16.9. The Balaban J connectivity index is 1.66. The third-order valence-corrected chi connectivity index (χ3v) is 3.63. The van der Waals surface area contributed by atoms with Crippen molar-refractivity contribution in [3.8, 4) is 0 Å². The summed E-state index contributed by atoms with van der Waals surface area (Å²) in [4.78, 5) is 30.2. The molecule has 2 heterocycles. The van der Waals surface area contributed by atoms with Crippen molar-refractivity contribution in [2.75, 3.05) is 13.6 Å². The van der Waals surface area contributed by atoms with Crippen LogP contribution in [0.5, 0.6) is 0 Å². The molecule has 0 aliphatic rings. The molecule has 0 saturated heterocycles. The maximum atomic E-state index is 12.6. The Labute approximate surface area is 139 Å². The molecule has 0 bridgehead atoms. The van der Waals surface area contributed by atoms with Crippen molar-refractivity contribution in [2.24, 2.45) is 0 Å². The van der Waals surface area contributed by atoms with Crippen LogP contribution in [0.15, 0.2) is 59.3 Å². The minimum absolute atomic E-state index is 0.0389. The van der Waals surface area contributed by atoms with Crippen LogP contribution in [-0.4, -0.2) is 35.3 Å². The van der Waals surface area contributed by atoms with Crippen LogP contribution in [-0.2, 0) is 11.3 Å². The number of carbonyl (C=O) groups is 2. The highest BCUT2D eigenvalue weighted by Gasteiger charge is 2.17. The molecule has 1 N–H and O–H groups in total. The second kappa shape index (κ2) is 6.95. The predicted molar refractivity (Wildman–Crippen MR) is 89.3 cm³/mol. The van der Waals surface area contributed by atoms with Gasteiger partial charge >= 0.3 is 0 Å². The number of rotatable bonds is 5. The Hall–Kier alpha value is -3.15. The van der Waals surface area contributed by atoms with E-state index in [1.165, 1.54) is 4.90 Å². The fourth-order valence-corrected chi connectivity index (χ4v) is 2.42. The number of benzene rings is 1. The van der Waals surface area contributed by atoms with E-state index in [0.717, 1.165) is 5.39 Å². The van der Waals surface area contributed by atoms with Crippen molar-refractivity contribution in [3.63, 3.8) is 0 Å². The summed E-state index contributed by atoms with van der Waals surface area (Å²) >= 11 is 0. The van der Waals surface area contributed by atoms with Crippen molar-refractivity contribution < 1.29 is 14.0 Å². The van der Waals surface area contributed by atoms with E-state index in [1.807, 2.05) is 24.3 Å². The number of amides is 2. The molecule has 2 amide bonds. The number of likely N-dealkylation sites (N-methyl/N-ethyl adjacent to an activating group) is 1. The number of hydrogen-bond acceptors (Lipinski definition) is 4. The minimum atomic E-state index is -0.254. The van der Waals surface area contributed by atoms with Crippen LogP contribution in [0.4, 0.5) is 0 Å². The van der Waals surface area contributed by atoms with E-state index in [2.05, 4.69) is 10.3 Å². The molecule has 122 valence electrons. The summed E-state index contributed by atoms with van der Waals surface area (Å²) in [6.45, 7) is 0.256. The standard InChI is InChI=1S/C18H17N3O3/c1-21(12-16(22)20-11-14-7-4-10-24-14)18(23)15-8-2-5-13-6-3-9-19-17(13)15/h2-10H,11-12H2,1H3,(H,20,22). The first-order valence-corrected chi connectivity index (χ1v) is 7.53. The number of nitrogens with one attached hydrogen (secondary N) is 1. The molecule has 3 rings (SSSR count). The highest BCUT2D eigenvalue weighted by molar-refractivity contribution is 6.06. The molecule has 0 fully saturated rings. The first kappa shape index (κ1) is 15.7. The van der Waals surface area contributed by atoms with E-state index < -0.39 is 0 Å². The second-order valence-corrected chi connectivity index (χ2v) is 5.40. The lowest BCUT2D eigenvalue weighted by molar-refractivity contribution is -0.121. The number of nitrogens with zero attached hydrogens (tertiary/aromatic N) is 2. The Morgan fingerprint density at radius 2 is 2.00 bits per heavy atom. The van der Waals surface area contributed by atoms with Crippen molar-refractivity contribution >= 4 is 22.7 Å². The molecule has 0 saturated carbocycles. The van der Waals surface area contributed by atoms with E-state index in [-0.39, 0.29) is 18.4 Å². The molecule has 0 unspecified atom stereocenters. The van der Waals surface area contributed by atoms with Gasteiger partial charge in [-0.3, -0.25) is 14.6 Å². The quantitative estimate of drug-likeness (QED) is 0.781. The van der Waals surface area contributed by atoms with Gasteiger partial charge in [-0.05, 0) is 24.3 Å². The van der Waals surface area contributed by atoms with E-state index in [9.17, 15) is 9.59 Å². The lowest BCUT2D eigenvalue weighted by Gasteiger charge is -2.17. The fourth-order valence-electron chi connectivity index (χ4n) is 2.42. The summed E-state index contributed by atoms with van der Waals surface area (Å²) in [6, 6.07) is 12.7. The molecule has 0 radical (unpaired) electrons. The Kier molecular flexibility index (Phi) is 4.56. The van der Waals surface area contributed by atoms with Crippen LogP contribution >= 0.6 is 0 Å². The molecule has 0 spiro atoms. The monoisotopic (exact) mass is 323 g/mol. The van der Waals surface area contributed by atoms with Crippen LogP contribution in [0, 0.1) is 0 Å². The Morgan fingerprint density at radius 3 is 2.79 bits per heavy atom. The molecule has 3 aromatic rings. The van der Waals surface area contributed by atoms with Crippen molar-refractivity contribution in [2.45, 2.75) is 6.54 Å². The SMILES string of the molecule is CN(CC(=O)NCc1ccco1)C(=O)c1cccc2cccnc12. The number of furan rings is 1. The van der Waals surface area contributed by atoms with Gasteiger partial charge in [0.05, 0.1) is 30.4 Å². The van der Waals surface area contributed by atoms with Gasteiger partial charge in [-0.2, -0.15) is 0 Å². The van der Waals surface area contributed by atoms with Crippen molar-refractivity contribution in [1.82, 2.24) is 15.2 Å². The molecule has 0 aliphatic heterocycles. The summed E-state index contributed by atoms with van der Waals surface area (Å²) in [6.07, 6.45) is 3.19. The molecule has 2 aromatic heterocycles. The molecule has 1 aromatic carbocycles. The summed E-state index contributed by atoms with van der Waals surface area (Å²) in [7, 11) is 1.59. The van der Waals surface area contributed by atoms with E-state index in [1.54, 1.807) is 37.7 Å². The largest absolute Gasteiger partial charge is 0.467 e. The number of hydrogen-bond donors (Lipinski definition) is 1. The molecule has 6 nitrogen and oxygen atoms in total. The fraction of sp³-hybridized carbons (Fsp3) is 0.167. The normalized spacial score (nSPS) is 10.5. The van der Waals surface area contributed by atoms with E-state index in [0.29, 0.717) is 23.4 Å². The summed E-state index contributed by atoms with van der Waals surface area (Å²) in [5.74, 6) is 0.165. The third kappa shape index (κ3) is 3.43. The minimum Gasteiger partial charge on any atom is -0.467 e. The molecule has 24 heavy (non-hydrogen) atoms. The van der Waals surface area contributed by atoms with Crippen LogP contribution < -0.4 is 5.32 Å². The van der Waals surface area contributed by atoms with Gasteiger partial charge in [-0.1, -0.05) is 18.2 Å². The lowest BCUT2D eigenvalue weighted by atomic mass is 10.1. The average Bonchev–Trinajstić information content (AvgIpc) is 3.12. The highest BCUT2D eigenvalue weighted by Crippen LogP contribution is 2.17. The zero-order valence-electron chi connectivity index (χ0n) is 13.2. The van der Waals surface area contributed by atoms with Crippen LogP contribution in [0.2, 0.25) is 0 Å². The third-order valence-electron chi connectivity index (χ3n) is 3.63. The molecular formula is C18H17N3O3. The van der Waals surface area contributed by atoms with Gasteiger partial charge in [0.25, 0.3) is 5.91 Å². The van der Waals surface area contributed by atoms with Crippen molar-refractivity contribution in [3.05, 3.63) is 66.2 Å². The number of para-hydroxylation sites is 1. The summed E-state index contributed by atoms with van der Waals surface area (Å²) in [5, 5.41) is 3.61. The van der Waals surface area contributed by atoms with Gasteiger partial charge in [-0.15, -0.1) is 0 Å². The topological polar surface area (TPSA) is 75.4 Å². The summed E-state index contributed by atoms with van der Waals surface area (Å²) in [5.41, 5.74) is 1.11. The number of aromatic nitrogens is 1. The number of carbonyl (C=O) groups excluding carboxylic acids is 2. The van der Waals surface area contributed by atoms with Gasteiger partial charge in [0.15, 0.2) is 0 Å². The van der Waals surface area contributed by atoms with Gasteiger partial charge in [0.1, 0.15) is 5.76 Å². The lowest BCUT2D eigenvalue weighted by Crippen LogP contribution is -2.38. The zero-order valence-corrected chi connectivity index (χ0v) is 13.2. The first-order valence-electron chi connectivity index (χ1n) is 7.53. The van der Waals surface area contributed by atoms with Gasteiger partial charge in [-0.25, -0.2) is 0 Å².